The molecule has 3 aromatic rings. The number of benzene rings is 2. The van der Waals surface area contributed by atoms with E-state index in [0.29, 0.717) is 49.3 Å². The normalized spacial score (nSPS) is 22.6. The van der Waals surface area contributed by atoms with Crippen molar-refractivity contribution in [1.82, 2.24) is 4.98 Å². The second kappa shape index (κ2) is 13.1. The van der Waals surface area contributed by atoms with Crippen molar-refractivity contribution in [3.05, 3.63) is 59.8 Å². The molecule has 0 aliphatic heterocycles. The SMILES string of the molecule is COc1ncc(-c2cccc(N(C[C@H]3CC[C@H](c4ccc(OC)c(C)c4)CC3)C(=O)[C@H]3CC[C@H](C(=O)O)CC3)c2)s1. The van der Waals surface area contributed by atoms with Crippen LogP contribution >= 0.6 is 11.3 Å². The number of aliphatic carboxylic acids is 1. The molecule has 0 radical (unpaired) electrons. The number of carbonyl (C=O) groups is 2. The maximum absolute atomic E-state index is 14.1. The largest absolute Gasteiger partial charge is 0.496 e. The quantitative estimate of drug-likeness (QED) is 0.287. The first-order chi connectivity index (χ1) is 19.9. The van der Waals surface area contributed by atoms with Crippen molar-refractivity contribution in [2.45, 2.75) is 64.2 Å². The number of carbonyl (C=O) groups excluding carboxylic acids is 1. The first-order valence-electron chi connectivity index (χ1n) is 14.6. The minimum absolute atomic E-state index is 0.126. The van der Waals surface area contributed by atoms with Gasteiger partial charge in [-0.3, -0.25) is 9.59 Å². The van der Waals surface area contributed by atoms with Crippen LogP contribution in [0.15, 0.2) is 48.7 Å². The minimum atomic E-state index is -0.746. The predicted octanol–water partition coefficient (Wildman–Crippen LogP) is 7.33. The molecular formula is C33H40N2O5S. The van der Waals surface area contributed by atoms with E-state index in [2.05, 4.69) is 36.2 Å². The highest BCUT2D eigenvalue weighted by molar-refractivity contribution is 7.16. The standard InChI is InChI=1S/C33H40N2O5S/c1-21-17-26(15-16-29(21)39-2)23-9-7-22(8-10-23)20-35(31(36)24-11-13-25(14-12-24)32(37)38)28-6-4-5-27(18-28)30-19-34-33(40-3)41-30/h4-6,15-19,22-25H,7-14,20H2,1-3H3,(H,37,38)/t22-,23-,24-,25-. The number of amides is 1. The molecule has 1 heterocycles. The van der Waals surface area contributed by atoms with Crippen molar-refractivity contribution in [2.75, 3.05) is 25.7 Å². The van der Waals surface area contributed by atoms with E-state index in [9.17, 15) is 14.7 Å². The second-order valence-electron chi connectivity index (χ2n) is 11.5. The zero-order chi connectivity index (χ0) is 28.9. The molecule has 1 aromatic heterocycles. The summed E-state index contributed by atoms with van der Waals surface area (Å²) in [7, 11) is 3.32. The van der Waals surface area contributed by atoms with Crippen LogP contribution in [0.5, 0.6) is 10.9 Å². The molecule has 2 aromatic carbocycles. The van der Waals surface area contributed by atoms with Crippen LogP contribution in [-0.4, -0.2) is 42.7 Å². The Balaban J connectivity index is 1.33. The van der Waals surface area contributed by atoms with Crippen LogP contribution in [0, 0.1) is 24.7 Å². The van der Waals surface area contributed by atoms with E-state index in [1.165, 1.54) is 22.5 Å². The number of anilines is 1. The topological polar surface area (TPSA) is 89.0 Å². The summed E-state index contributed by atoms with van der Waals surface area (Å²) < 4.78 is 10.7. The summed E-state index contributed by atoms with van der Waals surface area (Å²) >= 11 is 1.48. The summed E-state index contributed by atoms with van der Waals surface area (Å²) in [5, 5.41) is 10.1. The first kappa shape index (κ1) is 29.1. The van der Waals surface area contributed by atoms with Crippen molar-refractivity contribution in [3.63, 3.8) is 0 Å². The Hall–Kier alpha value is -3.39. The van der Waals surface area contributed by atoms with Gasteiger partial charge in [-0.15, -0.1) is 0 Å². The van der Waals surface area contributed by atoms with Gasteiger partial charge in [0.15, 0.2) is 0 Å². The third-order valence-corrected chi connectivity index (χ3v) is 9.98. The van der Waals surface area contributed by atoms with Gasteiger partial charge in [0.2, 0.25) is 5.91 Å². The van der Waals surface area contributed by atoms with E-state index in [1.807, 2.05) is 29.3 Å². The van der Waals surface area contributed by atoms with E-state index in [4.69, 9.17) is 9.47 Å². The fraction of sp³-hybridized carbons (Fsp3) is 0.485. The number of hydrogen-bond donors (Lipinski definition) is 1. The number of nitrogens with zero attached hydrogens (tertiary/aromatic N) is 2. The molecule has 0 saturated heterocycles. The van der Waals surface area contributed by atoms with E-state index >= 15 is 0 Å². The number of methoxy groups -OCH3 is 2. The molecule has 218 valence electrons. The molecule has 41 heavy (non-hydrogen) atoms. The van der Waals surface area contributed by atoms with Gasteiger partial charge in [0.1, 0.15) is 5.75 Å². The average Bonchev–Trinajstić information content (AvgIpc) is 3.50. The Labute approximate surface area is 246 Å². The van der Waals surface area contributed by atoms with Gasteiger partial charge in [0, 0.05) is 24.3 Å². The molecule has 1 amide bonds. The minimum Gasteiger partial charge on any atom is -0.496 e. The van der Waals surface area contributed by atoms with Gasteiger partial charge >= 0.3 is 5.97 Å². The summed E-state index contributed by atoms with van der Waals surface area (Å²) in [5.74, 6) is 0.761. The molecule has 8 heteroatoms. The Kier molecular flexibility index (Phi) is 9.28. The molecule has 2 aliphatic carbocycles. The van der Waals surface area contributed by atoms with Crippen molar-refractivity contribution < 1.29 is 24.2 Å². The molecule has 7 nitrogen and oxygen atoms in total. The van der Waals surface area contributed by atoms with Crippen molar-refractivity contribution >= 4 is 28.9 Å². The van der Waals surface area contributed by atoms with Crippen LogP contribution in [0.3, 0.4) is 0 Å². The molecule has 2 aliphatic rings. The molecule has 0 unspecified atom stereocenters. The number of carboxylic acids is 1. The molecule has 0 atom stereocenters. The lowest BCUT2D eigenvalue weighted by Crippen LogP contribution is -2.41. The summed E-state index contributed by atoms with van der Waals surface area (Å²) in [6.45, 7) is 2.78. The summed E-state index contributed by atoms with van der Waals surface area (Å²) in [6.07, 6.45) is 8.52. The smallest absolute Gasteiger partial charge is 0.306 e. The highest BCUT2D eigenvalue weighted by atomic mass is 32.1. The highest BCUT2D eigenvalue weighted by Crippen LogP contribution is 2.40. The fourth-order valence-electron chi connectivity index (χ4n) is 6.54. The van der Waals surface area contributed by atoms with Crippen LogP contribution in [0.1, 0.15) is 68.4 Å². The molecule has 2 fully saturated rings. The van der Waals surface area contributed by atoms with Gasteiger partial charge in [-0.1, -0.05) is 35.6 Å². The summed E-state index contributed by atoms with van der Waals surface area (Å²) in [4.78, 5) is 32.9. The van der Waals surface area contributed by atoms with Gasteiger partial charge in [0.25, 0.3) is 5.19 Å². The maximum atomic E-state index is 14.1. The van der Waals surface area contributed by atoms with Gasteiger partial charge in [-0.25, -0.2) is 4.98 Å². The highest BCUT2D eigenvalue weighted by Gasteiger charge is 2.34. The Morgan fingerprint density at radius 3 is 2.32 bits per heavy atom. The number of rotatable bonds is 9. The van der Waals surface area contributed by atoms with Gasteiger partial charge in [-0.05, 0) is 105 Å². The molecule has 2 saturated carbocycles. The predicted molar refractivity (Wildman–Crippen MR) is 162 cm³/mol. The maximum Gasteiger partial charge on any atom is 0.306 e. The Bertz CT molecular complexity index is 1360. The Morgan fingerprint density at radius 2 is 1.68 bits per heavy atom. The summed E-state index contributed by atoms with van der Waals surface area (Å²) in [5.41, 5.74) is 4.44. The Morgan fingerprint density at radius 1 is 0.951 bits per heavy atom. The van der Waals surface area contributed by atoms with Crippen LogP contribution in [-0.2, 0) is 9.59 Å². The van der Waals surface area contributed by atoms with Crippen molar-refractivity contribution in [1.29, 1.82) is 0 Å². The number of carboxylic acid groups (broad SMARTS) is 1. The number of aryl methyl sites for hydroxylation is 1. The van der Waals surface area contributed by atoms with Crippen LogP contribution < -0.4 is 14.4 Å². The third-order valence-electron chi connectivity index (χ3n) is 8.97. The summed E-state index contributed by atoms with van der Waals surface area (Å²) in [6, 6.07) is 14.7. The van der Waals surface area contributed by atoms with Gasteiger partial charge in [0.05, 0.1) is 25.0 Å². The fourth-order valence-corrected chi connectivity index (χ4v) is 7.26. The zero-order valence-corrected chi connectivity index (χ0v) is 25.0. The van der Waals surface area contributed by atoms with E-state index < -0.39 is 5.97 Å². The third kappa shape index (κ3) is 6.75. The van der Waals surface area contributed by atoms with Crippen LogP contribution in [0.25, 0.3) is 10.4 Å². The second-order valence-corrected chi connectivity index (χ2v) is 12.5. The molecule has 0 spiro atoms. The lowest BCUT2D eigenvalue weighted by Gasteiger charge is -2.36. The van der Waals surface area contributed by atoms with Crippen LogP contribution in [0.2, 0.25) is 0 Å². The number of ether oxygens (including phenoxy) is 2. The average molecular weight is 577 g/mol. The van der Waals surface area contributed by atoms with Crippen molar-refractivity contribution in [3.8, 4) is 21.4 Å². The van der Waals surface area contributed by atoms with Crippen LogP contribution in [0.4, 0.5) is 5.69 Å². The van der Waals surface area contributed by atoms with E-state index in [0.717, 1.165) is 47.6 Å². The van der Waals surface area contributed by atoms with Gasteiger partial charge in [-0.2, -0.15) is 0 Å². The molecule has 5 rings (SSSR count). The lowest BCUT2D eigenvalue weighted by molar-refractivity contribution is -0.144. The van der Waals surface area contributed by atoms with E-state index in [-0.39, 0.29) is 17.7 Å². The molecule has 0 bridgehead atoms. The molecule has 1 N–H and O–H groups in total. The number of thiazole rings is 1. The lowest BCUT2D eigenvalue weighted by atomic mass is 9.77. The van der Waals surface area contributed by atoms with Gasteiger partial charge < -0.3 is 19.5 Å². The number of aromatic nitrogens is 1. The zero-order valence-electron chi connectivity index (χ0n) is 24.2. The van der Waals surface area contributed by atoms with E-state index in [1.54, 1.807) is 14.2 Å². The molecular weight excluding hydrogens is 536 g/mol. The van der Waals surface area contributed by atoms with Crippen molar-refractivity contribution in [2.24, 2.45) is 17.8 Å². The monoisotopic (exact) mass is 576 g/mol. The first-order valence-corrected chi connectivity index (χ1v) is 15.5. The number of hydrogen-bond acceptors (Lipinski definition) is 6.